The van der Waals surface area contributed by atoms with Crippen molar-refractivity contribution in [3.63, 3.8) is 0 Å². The Morgan fingerprint density at radius 2 is 2.50 bits per heavy atom. The molecule has 1 aliphatic heterocycles. The van der Waals surface area contributed by atoms with Crippen LogP contribution in [0.15, 0.2) is 12.7 Å². The molecule has 0 aromatic rings. The van der Waals surface area contributed by atoms with Gasteiger partial charge < -0.3 is 10.4 Å². The first kappa shape index (κ1) is 11.2. The largest absolute Gasteiger partial charge is 0.396 e. The molecule has 14 heavy (non-hydrogen) atoms. The smallest absolute Gasteiger partial charge is 0.234 e. The van der Waals surface area contributed by atoms with Crippen LogP contribution in [-0.4, -0.2) is 48.7 Å². The van der Waals surface area contributed by atoms with Crippen LogP contribution >= 0.6 is 0 Å². The normalized spacial score (nSPS) is 22.2. The highest BCUT2D eigenvalue weighted by Gasteiger charge is 2.22. The van der Waals surface area contributed by atoms with Crippen LogP contribution in [0.2, 0.25) is 0 Å². The molecule has 0 bridgehead atoms. The minimum absolute atomic E-state index is 0.0310. The van der Waals surface area contributed by atoms with E-state index in [0.717, 1.165) is 19.5 Å². The average molecular weight is 198 g/mol. The van der Waals surface area contributed by atoms with Crippen molar-refractivity contribution in [2.45, 2.75) is 6.42 Å². The van der Waals surface area contributed by atoms with Gasteiger partial charge in [-0.25, -0.2) is 0 Å². The van der Waals surface area contributed by atoms with Gasteiger partial charge in [0, 0.05) is 19.7 Å². The average Bonchev–Trinajstić information content (AvgIpc) is 2.62. The number of carbonyl (C=O) groups is 1. The van der Waals surface area contributed by atoms with E-state index in [1.165, 1.54) is 0 Å². The Hall–Kier alpha value is -0.870. The van der Waals surface area contributed by atoms with Crippen LogP contribution in [0, 0.1) is 5.92 Å². The van der Waals surface area contributed by atoms with Gasteiger partial charge in [-0.15, -0.1) is 6.58 Å². The highest BCUT2D eigenvalue weighted by Crippen LogP contribution is 2.14. The van der Waals surface area contributed by atoms with Crippen molar-refractivity contribution in [1.82, 2.24) is 10.2 Å². The zero-order chi connectivity index (χ0) is 10.4. The van der Waals surface area contributed by atoms with Gasteiger partial charge in [-0.2, -0.15) is 0 Å². The molecule has 1 amide bonds. The van der Waals surface area contributed by atoms with Gasteiger partial charge in [0.25, 0.3) is 0 Å². The van der Waals surface area contributed by atoms with Crippen LogP contribution < -0.4 is 5.32 Å². The SMILES string of the molecule is C=CCNC(=O)CN1CCC(CO)C1. The van der Waals surface area contributed by atoms with E-state index in [-0.39, 0.29) is 12.5 Å². The first-order chi connectivity index (χ1) is 6.76. The molecule has 1 unspecified atom stereocenters. The number of carbonyl (C=O) groups excluding carboxylic acids is 1. The highest BCUT2D eigenvalue weighted by atomic mass is 16.3. The third-order valence-corrected chi connectivity index (χ3v) is 2.44. The molecule has 1 fully saturated rings. The number of likely N-dealkylation sites (tertiary alicyclic amines) is 1. The van der Waals surface area contributed by atoms with Crippen LogP contribution in [0.1, 0.15) is 6.42 Å². The molecule has 0 aromatic carbocycles. The fraction of sp³-hybridized carbons (Fsp3) is 0.700. The van der Waals surface area contributed by atoms with Crippen molar-refractivity contribution >= 4 is 5.91 Å². The molecule has 0 aliphatic carbocycles. The number of hydrogen-bond donors (Lipinski definition) is 2. The van der Waals surface area contributed by atoms with Crippen LogP contribution in [-0.2, 0) is 4.79 Å². The number of nitrogens with zero attached hydrogens (tertiary/aromatic N) is 1. The molecule has 1 aliphatic rings. The predicted molar refractivity (Wildman–Crippen MR) is 54.8 cm³/mol. The maximum atomic E-state index is 11.3. The summed E-state index contributed by atoms with van der Waals surface area (Å²) in [6.07, 6.45) is 2.66. The lowest BCUT2D eigenvalue weighted by molar-refractivity contribution is -0.121. The summed E-state index contributed by atoms with van der Waals surface area (Å²) in [5.74, 6) is 0.380. The summed E-state index contributed by atoms with van der Waals surface area (Å²) in [4.78, 5) is 13.4. The van der Waals surface area contributed by atoms with Crippen molar-refractivity contribution in [3.8, 4) is 0 Å². The Labute approximate surface area is 84.6 Å². The number of nitrogens with one attached hydrogen (secondary N) is 1. The Kier molecular flexibility index (Phi) is 4.62. The van der Waals surface area contributed by atoms with E-state index in [9.17, 15) is 4.79 Å². The molecular formula is C10H18N2O2. The molecule has 0 spiro atoms. The first-order valence-corrected chi connectivity index (χ1v) is 4.97. The molecule has 0 radical (unpaired) electrons. The molecule has 0 saturated carbocycles. The molecule has 2 N–H and O–H groups in total. The van der Waals surface area contributed by atoms with Gasteiger partial charge in [0.05, 0.1) is 6.54 Å². The van der Waals surface area contributed by atoms with Crippen molar-refractivity contribution in [3.05, 3.63) is 12.7 Å². The van der Waals surface area contributed by atoms with Gasteiger partial charge in [0.1, 0.15) is 0 Å². The molecule has 80 valence electrons. The summed E-state index contributed by atoms with van der Waals surface area (Å²) in [6.45, 7) is 6.45. The van der Waals surface area contributed by atoms with Crippen LogP contribution in [0.5, 0.6) is 0 Å². The van der Waals surface area contributed by atoms with Gasteiger partial charge in [-0.3, -0.25) is 9.69 Å². The van der Waals surface area contributed by atoms with Crippen molar-refractivity contribution < 1.29 is 9.90 Å². The van der Waals surface area contributed by atoms with Gasteiger partial charge in [-0.05, 0) is 18.9 Å². The molecule has 4 heteroatoms. The minimum atomic E-state index is 0.0310. The van der Waals surface area contributed by atoms with E-state index < -0.39 is 0 Å². The second-order valence-electron chi connectivity index (χ2n) is 3.67. The summed E-state index contributed by atoms with van der Waals surface area (Å²) in [5, 5.41) is 11.6. The lowest BCUT2D eigenvalue weighted by atomic mass is 10.1. The first-order valence-electron chi connectivity index (χ1n) is 4.97. The Bertz CT molecular complexity index is 206. The molecule has 1 rings (SSSR count). The van der Waals surface area contributed by atoms with Crippen molar-refractivity contribution in [2.24, 2.45) is 5.92 Å². The monoisotopic (exact) mass is 198 g/mol. The Balaban J connectivity index is 2.18. The van der Waals surface area contributed by atoms with Gasteiger partial charge in [-0.1, -0.05) is 6.08 Å². The number of rotatable bonds is 5. The minimum Gasteiger partial charge on any atom is -0.396 e. The van der Waals surface area contributed by atoms with E-state index in [1.54, 1.807) is 6.08 Å². The highest BCUT2D eigenvalue weighted by molar-refractivity contribution is 5.78. The van der Waals surface area contributed by atoms with Crippen LogP contribution in [0.4, 0.5) is 0 Å². The molecule has 4 nitrogen and oxygen atoms in total. The maximum absolute atomic E-state index is 11.3. The van der Waals surface area contributed by atoms with Crippen LogP contribution in [0.25, 0.3) is 0 Å². The van der Waals surface area contributed by atoms with E-state index in [2.05, 4.69) is 16.8 Å². The van der Waals surface area contributed by atoms with Gasteiger partial charge in [0.2, 0.25) is 5.91 Å². The van der Waals surface area contributed by atoms with Crippen LogP contribution in [0.3, 0.4) is 0 Å². The third-order valence-electron chi connectivity index (χ3n) is 2.44. The predicted octanol–water partition coefficient (Wildman–Crippen LogP) is -0.397. The van der Waals surface area contributed by atoms with Crippen molar-refractivity contribution in [1.29, 1.82) is 0 Å². The number of hydrogen-bond acceptors (Lipinski definition) is 3. The molecule has 1 atom stereocenters. The molecule has 1 heterocycles. The summed E-state index contributed by atoms with van der Waals surface area (Å²) in [5.41, 5.74) is 0. The second-order valence-corrected chi connectivity index (χ2v) is 3.67. The molecule has 0 aromatic heterocycles. The van der Waals surface area contributed by atoms with Crippen molar-refractivity contribution in [2.75, 3.05) is 32.8 Å². The maximum Gasteiger partial charge on any atom is 0.234 e. The fourth-order valence-electron chi connectivity index (χ4n) is 1.65. The summed E-state index contributed by atoms with van der Waals surface area (Å²) < 4.78 is 0. The number of amides is 1. The van der Waals surface area contributed by atoms with E-state index in [0.29, 0.717) is 19.0 Å². The van der Waals surface area contributed by atoms with E-state index in [4.69, 9.17) is 5.11 Å². The van der Waals surface area contributed by atoms with Gasteiger partial charge >= 0.3 is 0 Å². The third kappa shape index (κ3) is 3.47. The standard InChI is InChI=1S/C10H18N2O2/c1-2-4-11-10(14)7-12-5-3-9(6-12)8-13/h2,9,13H,1,3-8H2,(H,11,14). The molecule has 1 saturated heterocycles. The summed E-state index contributed by atoms with van der Waals surface area (Å²) >= 11 is 0. The summed E-state index contributed by atoms with van der Waals surface area (Å²) in [7, 11) is 0. The van der Waals surface area contributed by atoms with E-state index in [1.807, 2.05) is 0 Å². The quantitative estimate of drug-likeness (QED) is 0.591. The Morgan fingerprint density at radius 1 is 1.71 bits per heavy atom. The van der Waals surface area contributed by atoms with Gasteiger partial charge in [0.15, 0.2) is 0 Å². The summed E-state index contributed by atoms with van der Waals surface area (Å²) in [6, 6.07) is 0. The van der Waals surface area contributed by atoms with E-state index >= 15 is 0 Å². The number of aliphatic hydroxyl groups is 1. The Morgan fingerprint density at radius 3 is 3.07 bits per heavy atom. The zero-order valence-electron chi connectivity index (χ0n) is 8.41. The zero-order valence-corrected chi connectivity index (χ0v) is 8.41. The lowest BCUT2D eigenvalue weighted by Crippen LogP contribution is -2.36. The lowest BCUT2D eigenvalue weighted by Gasteiger charge is -2.14. The topological polar surface area (TPSA) is 52.6 Å². The molecular weight excluding hydrogens is 180 g/mol. The number of aliphatic hydroxyl groups excluding tert-OH is 1. The second kappa shape index (κ2) is 5.78. The fourth-order valence-corrected chi connectivity index (χ4v) is 1.65.